The van der Waals surface area contributed by atoms with Crippen molar-refractivity contribution in [2.24, 2.45) is 16.1 Å². The quantitative estimate of drug-likeness (QED) is 0.386. The third-order valence-corrected chi connectivity index (χ3v) is 5.05. The van der Waals surface area contributed by atoms with Crippen LogP contribution in [0.3, 0.4) is 0 Å². The van der Waals surface area contributed by atoms with Crippen molar-refractivity contribution in [3.63, 3.8) is 0 Å². The lowest BCUT2D eigenvalue weighted by Crippen LogP contribution is -2.20. The molecule has 1 saturated carbocycles. The standard InChI is InChI=1S/C21H30N2O/c1-4-22-15-17(3)20-13-9-8-12-19(20)16(2)14-21(23-24)18-10-6-5-7-11-18/h4,8-9,12-13,15-16,18,24H,5-7,10-11,14H2,1-3H3/b17-15+,22-4?,23-21-. The predicted molar refractivity (Wildman–Crippen MR) is 103 cm³/mol. The van der Waals surface area contributed by atoms with Gasteiger partial charge in [0.15, 0.2) is 0 Å². The van der Waals surface area contributed by atoms with Gasteiger partial charge in [0.1, 0.15) is 0 Å². The summed E-state index contributed by atoms with van der Waals surface area (Å²) < 4.78 is 0. The molecule has 1 fully saturated rings. The number of rotatable bonds is 6. The summed E-state index contributed by atoms with van der Waals surface area (Å²) in [5, 5.41) is 13.2. The van der Waals surface area contributed by atoms with Crippen molar-refractivity contribution in [3.05, 3.63) is 41.6 Å². The van der Waals surface area contributed by atoms with Crippen molar-refractivity contribution in [1.82, 2.24) is 0 Å². The summed E-state index contributed by atoms with van der Waals surface area (Å²) in [7, 11) is 0. The highest BCUT2D eigenvalue weighted by molar-refractivity contribution is 5.87. The summed E-state index contributed by atoms with van der Waals surface area (Å²) in [6, 6.07) is 8.49. The molecule has 130 valence electrons. The second-order valence-electron chi connectivity index (χ2n) is 6.84. The van der Waals surface area contributed by atoms with Crippen LogP contribution in [0.15, 0.2) is 40.6 Å². The van der Waals surface area contributed by atoms with Gasteiger partial charge < -0.3 is 5.21 Å². The van der Waals surface area contributed by atoms with E-state index < -0.39 is 0 Å². The topological polar surface area (TPSA) is 45.0 Å². The van der Waals surface area contributed by atoms with Crippen LogP contribution in [0.4, 0.5) is 0 Å². The number of aliphatic imine (C=N–C) groups is 1. The molecule has 1 aromatic rings. The first kappa shape index (κ1) is 18.4. The maximum absolute atomic E-state index is 9.53. The average Bonchev–Trinajstić information content (AvgIpc) is 2.64. The number of oxime groups is 1. The normalized spacial score (nSPS) is 19.0. The van der Waals surface area contributed by atoms with Crippen LogP contribution < -0.4 is 0 Å². The minimum Gasteiger partial charge on any atom is -0.411 e. The molecule has 1 N–H and O–H groups in total. The molecule has 0 spiro atoms. The molecular weight excluding hydrogens is 296 g/mol. The van der Waals surface area contributed by atoms with E-state index in [0.717, 1.165) is 30.5 Å². The van der Waals surface area contributed by atoms with Gasteiger partial charge in [-0.1, -0.05) is 55.6 Å². The van der Waals surface area contributed by atoms with Crippen LogP contribution in [0.5, 0.6) is 0 Å². The van der Waals surface area contributed by atoms with Gasteiger partial charge in [-0.05, 0) is 55.7 Å². The van der Waals surface area contributed by atoms with Gasteiger partial charge in [0.05, 0.1) is 5.71 Å². The zero-order valence-corrected chi connectivity index (χ0v) is 15.2. The van der Waals surface area contributed by atoms with Crippen LogP contribution in [-0.4, -0.2) is 17.1 Å². The molecule has 2 rings (SSSR count). The molecule has 3 nitrogen and oxygen atoms in total. The Bertz CT molecular complexity index is 610. The molecule has 1 unspecified atom stereocenters. The first-order chi connectivity index (χ1) is 11.7. The molecule has 0 saturated heterocycles. The van der Waals surface area contributed by atoms with Crippen molar-refractivity contribution in [2.75, 3.05) is 0 Å². The van der Waals surface area contributed by atoms with E-state index in [1.807, 2.05) is 13.1 Å². The van der Waals surface area contributed by atoms with Gasteiger partial charge in [-0.2, -0.15) is 0 Å². The maximum Gasteiger partial charge on any atom is 0.0607 e. The lowest BCUT2D eigenvalue weighted by atomic mass is 9.80. The summed E-state index contributed by atoms with van der Waals surface area (Å²) in [6.07, 6.45) is 10.7. The van der Waals surface area contributed by atoms with E-state index in [4.69, 9.17) is 0 Å². The third-order valence-electron chi connectivity index (χ3n) is 5.05. The molecule has 0 heterocycles. The van der Waals surface area contributed by atoms with E-state index in [9.17, 15) is 5.21 Å². The van der Waals surface area contributed by atoms with Gasteiger partial charge in [0.2, 0.25) is 0 Å². The van der Waals surface area contributed by atoms with Crippen molar-refractivity contribution in [2.45, 2.75) is 65.2 Å². The first-order valence-corrected chi connectivity index (χ1v) is 9.12. The fraction of sp³-hybridized carbons (Fsp3) is 0.524. The lowest BCUT2D eigenvalue weighted by Gasteiger charge is -2.25. The highest BCUT2D eigenvalue weighted by atomic mass is 16.4. The predicted octanol–water partition coefficient (Wildman–Crippen LogP) is 6.04. The number of nitrogens with zero attached hydrogens (tertiary/aromatic N) is 2. The number of allylic oxidation sites excluding steroid dienone is 1. The average molecular weight is 326 g/mol. The molecule has 0 bridgehead atoms. The molecule has 24 heavy (non-hydrogen) atoms. The number of hydrogen-bond acceptors (Lipinski definition) is 3. The van der Waals surface area contributed by atoms with Gasteiger partial charge in [-0.3, -0.25) is 4.99 Å². The minimum absolute atomic E-state index is 0.322. The summed E-state index contributed by atoms with van der Waals surface area (Å²) in [5.74, 6) is 0.780. The Morgan fingerprint density at radius 3 is 2.62 bits per heavy atom. The van der Waals surface area contributed by atoms with Gasteiger partial charge in [0, 0.05) is 18.3 Å². The van der Waals surface area contributed by atoms with Crippen molar-refractivity contribution in [1.29, 1.82) is 0 Å². The summed E-state index contributed by atoms with van der Waals surface area (Å²) in [5.41, 5.74) is 4.67. The summed E-state index contributed by atoms with van der Waals surface area (Å²) in [6.45, 7) is 6.25. The van der Waals surface area contributed by atoms with Crippen LogP contribution in [0.25, 0.3) is 5.57 Å². The van der Waals surface area contributed by atoms with Crippen LogP contribution >= 0.6 is 0 Å². The van der Waals surface area contributed by atoms with E-state index in [1.54, 1.807) is 6.21 Å². The van der Waals surface area contributed by atoms with Gasteiger partial charge >= 0.3 is 0 Å². The maximum atomic E-state index is 9.53. The van der Waals surface area contributed by atoms with Crippen molar-refractivity contribution in [3.8, 4) is 0 Å². The molecule has 3 heteroatoms. The van der Waals surface area contributed by atoms with E-state index >= 15 is 0 Å². The fourth-order valence-electron chi connectivity index (χ4n) is 3.69. The molecule has 0 aromatic heterocycles. The molecule has 1 atom stereocenters. The third kappa shape index (κ3) is 4.80. The monoisotopic (exact) mass is 326 g/mol. The molecule has 0 aliphatic heterocycles. The molecular formula is C21H30N2O. The molecule has 1 aromatic carbocycles. The van der Waals surface area contributed by atoms with E-state index in [1.165, 1.54) is 30.4 Å². The Morgan fingerprint density at radius 2 is 1.96 bits per heavy atom. The van der Waals surface area contributed by atoms with Crippen LogP contribution in [0.1, 0.15) is 76.3 Å². The zero-order chi connectivity index (χ0) is 17.4. The molecule has 0 radical (unpaired) electrons. The number of hydrogen-bond donors (Lipinski definition) is 1. The van der Waals surface area contributed by atoms with Crippen molar-refractivity contribution >= 4 is 17.5 Å². The molecule has 1 aliphatic carbocycles. The van der Waals surface area contributed by atoms with Crippen molar-refractivity contribution < 1.29 is 5.21 Å². The van der Waals surface area contributed by atoms with E-state index in [-0.39, 0.29) is 0 Å². The number of benzene rings is 1. The second-order valence-corrected chi connectivity index (χ2v) is 6.84. The van der Waals surface area contributed by atoms with Gasteiger partial charge in [-0.25, -0.2) is 0 Å². The summed E-state index contributed by atoms with van der Waals surface area (Å²) >= 11 is 0. The smallest absolute Gasteiger partial charge is 0.0607 e. The Hall–Kier alpha value is -1.90. The second kappa shape index (κ2) is 9.41. The van der Waals surface area contributed by atoms with Crippen LogP contribution in [0, 0.1) is 5.92 Å². The summed E-state index contributed by atoms with van der Waals surface area (Å²) in [4.78, 5) is 4.25. The SMILES string of the molecule is CC=N/C=C(\C)c1ccccc1C(C)C/C(=N/O)C1CCCCC1. The molecule has 1 aliphatic rings. The Morgan fingerprint density at radius 1 is 1.25 bits per heavy atom. The minimum atomic E-state index is 0.322. The highest BCUT2D eigenvalue weighted by Crippen LogP contribution is 2.32. The van der Waals surface area contributed by atoms with Gasteiger partial charge in [0.25, 0.3) is 0 Å². The fourth-order valence-corrected chi connectivity index (χ4v) is 3.69. The van der Waals surface area contributed by atoms with Crippen LogP contribution in [0.2, 0.25) is 0 Å². The zero-order valence-electron chi connectivity index (χ0n) is 15.2. The van der Waals surface area contributed by atoms with Crippen LogP contribution in [-0.2, 0) is 0 Å². The Balaban J connectivity index is 2.18. The Kier molecular flexibility index (Phi) is 7.23. The van der Waals surface area contributed by atoms with E-state index in [0.29, 0.717) is 11.8 Å². The highest BCUT2D eigenvalue weighted by Gasteiger charge is 2.23. The largest absolute Gasteiger partial charge is 0.411 e. The van der Waals surface area contributed by atoms with Gasteiger partial charge in [-0.15, -0.1) is 0 Å². The lowest BCUT2D eigenvalue weighted by molar-refractivity contribution is 0.307. The molecule has 0 amide bonds. The first-order valence-electron chi connectivity index (χ1n) is 9.12. The van der Waals surface area contributed by atoms with E-state index in [2.05, 4.69) is 48.3 Å². The Labute approximate surface area is 146 Å².